The summed E-state index contributed by atoms with van der Waals surface area (Å²) in [6.45, 7) is 2.08. The van der Waals surface area contributed by atoms with Gasteiger partial charge >= 0.3 is 5.69 Å². The molecular weight excluding hydrogens is 450 g/mol. The first kappa shape index (κ1) is 22.7. The minimum Gasteiger partial charge on any atom is -0.507 e. The van der Waals surface area contributed by atoms with Gasteiger partial charge in [-0.15, -0.1) is 0 Å². The van der Waals surface area contributed by atoms with Gasteiger partial charge in [0.25, 0.3) is 11.5 Å². The summed E-state index contributed by atoms with van der Waals surface area (Å²) in [7, 11) is -1.09. The maximum Gasteiger partial charge on any atom is 0.332 e. The Bertz CT molecular complexity index is 1500. The van der Waals surface area contributed by atoms with Gasteiger partial charge in [-0.25, -0.2) is 18.2 Å². The fraction of sp³-hybridized carbons (Fsp3) is 0.333. The number of aromatic hydroxyl groups is 1. The number of nitrogens with zero attached hydrogens (tertiary/aromatic N) is 5. The average molecular weight is 474 g/mol. The smallest absolute Gasteiger partial charge is 0.332 e. The van der Waals surface area contributed by atoms with E-state index < -0.39 is 27.2 Å². The van der Waals surface area contributed by atoms with E-state index in [9.17, 15) is 27.9 Å². The van der Waals surface area contributed by atoms with E-state index in [2.05, 4.69) is 4.98 Å². The molecule has 1 N–H and O–H groups in total. The van der Waals surface area contributed by atoms with Crippen LogP contribution in [0.4, 0.5) is 0 Å². The maximum atomic E-state index is 13.0. The Balaban J connectivity index is 1.56. The van der Waals surface area contributed by atoms with Crippen molar-refractivity contribution in [3.8, 4) is 5.75 Å². The van der Waals surface area contributed by atoms with Gasteiger partial charge < -0.3 is 10.0 Å². The fourth-order valence-corrected chi connectivity index (χ4v) is 5.42. The van der Waals surface area contributed by atoms with Crippen LogP contribution in [-0.4, -0.2) is 68.9 Å². The summed E-state index contributed by atoms with van der Waals surface area (Å²) in [5.74, 6) is -0.753. The first-order chi connectivity index (χ1) is 15.5. The third-order valence-electron chi connectivity index (χ3n) is 5.78. The van der Waals surface area contributed by atoms with Crippen LogP contribution in [0.5, 0.6) is 5.75 Å². The van der Waals surface area contributed by atoms with Gasteiger partial charge in [0.1, 0.15) is 22.0 Å². The Morgan fingerprint density at radius 2 is 1.67 bits per heavy atom. The first-order valence-corrected chi connectivity index (χ1v) is 11.6. The zero-order chi connectivity index (χ0) is 24.1. The van der Waals surface area contributed by atoms with Gasteiger partial charge in [0.15, 0.2) is 0 Å². The number of amides is 1. The Labute approximate surface area is 189 Å². The number of fused-ring (bicyclic) bond motifs is 1. The Kier molecular flexibility index (Phi) is 5.58. The molecular formula is C21H23N5O6S. The van der Waals surface area contributed by atoms with Crippen LogP contribution in [0.1, 0.15) is 16.1 Å². The second-order valence-electron chi connectivity index (χ2n) is 7.94. The number of carbonyl (C=O) groups excluding carboxylic acids is 1. The van der Waals surface area contributed by atoms with Gasteiger partial charge in [0.2, 0.25) is 10.0 Å². The molecule has 0 atom stereocenters. The molecule has 33 heavy (non-hydrogen) atoms. The van der Waals surface area contributed by atoms with Crippen molar-refractivity contribution in [2.45, 2.75) is 11.8 Å². The molecule has 1 saturated heterocycles. The number of piperazine rings is 1. The lowest BCUT2D eigenvalue weighted by Crippen LogP contribution is -2.50. The van der Waals surface area contributed by atoms with Crippen molar-refractivity contribution in [2.24, 2.45) is 14.1 Å². The summed E-state index contributed by atoms with van der Waals surface area (Å²) < 4.78 is 29.3. The van der Waals surface area contributed by atoms with E-state index in [1.807, 2.05) is 0 Å². The van der Waals surface area contributed by atoms with Crippen LogP contribution in [0.15, 0.2) is 44.8 Å². The summed E-state index contributed by atoms with van der Waals surface area (Å²) in [5, 5.41) is 10.2. The summed E-state index contributed by atoms with van der Waals surface area (Å²) in [6, 6.07) is 7.25. The molecule has 3 heterocycles. The highest BCUT2D eigenvalue weighted by atomic mass is 32.2. The number of benzene rings is 1. The molecule has 2 aromatic heterocycles. The van der Waals surface area contributed by atoms with Crippen molar-refractivity contribution in [3.05, 3.63) is 62.4 Å². The molecule has 11 nitrogen and oxygen atoms in total. The van der Waals surface area contributed by atoms with Crippen LogP contribution in [0.2, 0.25) is 0 Å². The third-order valence-corrected chi connectivity index (χ3v) is 7.71. The van der Waals surface area contributed by atoms with E-state index in [0.29, 0.717) is 5.56 Å². The topological polar surface area (TPSA) is 135 Å². The number of phenolic OH excluding ortho intramolecular Hbond substituents is 1. The van der Waals surface area contributed by atoms with E-state index in [-0.39, 0.29) is 53.6 Å². The second kappa shape index (κ2) is 8.12. The number of carbonyl (C=O) groups is 1. The highest BCUT2D eigenvalue weighted by Crippen LogP contribution is 2.27. The fourth-order valence-electron chi connectivity index (χ4n) is 3.83. The highest BCUT2D eigenvalue weighted by Gasteiger charge is 2.32. The van der Waals surface area contributed by atoms with Crippen LogP contribution in [0, 0.1) is 6.92 Å². The number of hydrogen-bond acceptors (Lipinski definition) is 7. The lowest BCUT2D eigenvalue weighted by atomic mass is 10.2. The Morgan fingerprint density at radius 1 is 1.00 bits per heavy atom. The Morgan fingerprint density at radius 3 is 2.33 bits per heavy atom. The van der Waals surface area contributed by atoms with E-state index in [4.69, 9.17) is 0 Å². The molecule has 0 bridgehead atoms. The number of sulfonamides is 1. The second-order valence-corrected chi connectivity index (χ2v) is 9.85. The predicted octanol–water partition coefficient (Wildman–Crippen LogP) is -0.207. The van der Waals surface area contributed by atoms with Gasteiger partial charge in [-0.2, -0.15) is 4.31 Å². The molecule has 0 aliphatic carbocycles. The lowest BCUT2D eigenvalue weighted by molar-refractivity contribution is 0.0692. The van der Waals surface area contributed by atoms with Crippen molar-refractivity contribution in [3.63, 3.8) is 0 Å². The van der Waals surface area contributed by atoms with Crippen molar-refractivity contribution >= 4 is 27.0 Å². The highest BCUT2D eigenvalue weighted by molar-refractivity contribution is 7.89. The molecule has 1 aliphatic heterocycles. The molecule has 174 valence electrons. The SMILES string of the molecule is Cc1ccc(O)c(S(=O)(=O)N2CCN(C(=O)c3ccc4c(=O)n(C)c(=O)n(C)c4n3)CC2)c1. The van der Waals surface area contributed by atoms with Crippen LogP contribution in [0.3, 0.4) is 0 Å². The molecule has 0 saturated carbocycles. The summed E-state index contributed by atoms with van der Waals surface area (Å²) in [4.78, 5) is 43.0. The molecule has 1 aromatic carbocycles. The summed E-state index contributed by atoms with van der Waals surface area (Å²) >= 11 is 0. The van der Waals surface area contributed by atoms with Gasteiger partial charge in [0.05, 0.1) is 5.39 Å². The van der Waals surface area contributed by atoms with Gasteiger partial charge in [0, 0.05) is 40.3 Å². The van der Waals surface area contributed by atoms with Gasteiger partial charge in [-0.3, -0.25) is 18.7 Å². The maximum absolute atomic E-state index is 13.0. The number of pyridine rings is 1. The summed E-state index contributed by atoms with van der Waals surface area (Å²) in [5.41, 5.74) is -0.198. The molecule has 12 heteroatoms. The standard InChI is InChI=1S/C21H23N5O6S/c1-13-4-7-16(27)17(12-13)33(31,32)26-10-8-25(9-11-26)20(29)15-6-5-14-18(22-15)23(2)21(30)24(3)19(14)28/h4-7,12,27H,8-11H2,1-3H3. The summed E-state index contributed by atoms with van der Waals surface area (Å²) in [6.07, 6.45) is 0. The first-order valence-electron chi connectivity index (χ1n) is 10.2. The van der Waals surface area contributed by atoms with Crippen molar-refractivity contribution in [1.29, 1.82) is 0 Å². The van der Waals surface area contributed by atoms with Crippen molar-refractivity contribution in [1.82, 2.24) is 23.3 Å². The van der Waals surface area contributed by atoms with Crippen molar-refractivity contribution < 1.29 is 18.3 Å². The third kappa shape index (κ3) is 3.80. The van der Waals surface area contributed by atoms with Gasteiger partial charge in [-0.1, -0.05) is 6.07 Å². The average Bonchev–Trinajstić information content (AvgIpc) is 2.82. The number of hydrogen-bond donors (Lipinski definition) is 1. The van der Waals surface area contributed by atoms with Crippen molar-refractivity contribution in [2.75, 3.05) is 26.2 Å². The number of aryl methyl sites for hydroxylation is 2. The minimum atomic E-state index is -3.92. The molecule has 1 aliphatic rings. The van der Waals surface area contributed by atoms with E-state index in [1.54, 1.807) is 13.0 Å². The zero-order valence-electron chi connectivity index (χ0n) is 18.3. The van der Waals surface area contributed by atoms with Crippen LogP contribution >= 0.6 is 0 Å². The monoisotopic (exact) mass is 473 g/mol. The molecule has 0 unspecified atom stereocenters. The minimum absolute atomic E-state index is 0.0497. The van der Waals surface area contributed by atoms with Crippen LogP contribution in [-0.2, 0) is 24.1 Å². The predicted molar refractivity (Wildman–Crippen MR) is 120 cm³/mol. The van der Waals surface area contributed by atoms with Crippen LogP contribution in [0.25, 0.3) is 11.0 Å². The molecule has 1 fully saturated rings. The molecule has 0 spiro atoms. The Hall–Kier alpha value is -3.51. The van der Waals surface area contributed by atoms with E-state index >= 15 is 0 Å². The largest absolute Gasteiger partial charge is 0.507 e. The quantitative estimate of drug-likeness (QED) is 0.556. The normalized spacial score (nSPS) is 15.2. The molecule has 3 aromatic rings. The number of phenols is 1. The molecule has 0 radical (unpaired) electrons. The molecule has 4 rings (SSSR count). The van der Waals surface area contributed by atoms with Gasteiger partial charge in [-0.05, 0) is 36.8 Å². The van der Waals surface area contributed by atoms with Crippen LogP contribution < -0.4 is 11.2 Å². The van der Waals surface area contributed by atoms with E-state index in [0.717, 1.165) is 4.57 Å². The lowest BCUT2D eigenvalue weighted by Gasteiger charge is -2.34. The number of aromatic nitrogens is 3. The van der Waals surface area contributed by atoms with E-state index in [1.165, 1.54) is 52.1 Å². The molecule has 1 amide bonds. The zero-order valence-corrected chi connectivity index (χ0v) is 19.2. The number of rotatable bonds is 3.